The van der Waals surface area contributed by atoms with Gasteiger partial charge >= 0.3 is 0 Å². The first-order chi connectivity index (χ1) is 8.33. The molecule has 3 rings (SSSR count). The van der Waals surface area contributed by atoms with Gasteiger partial charge in [-0.25, -0.2) is 0 Å². The molecule has 2 N–H and O–H groups in total. The van der Waals surface area contributed by atoms with Crippen LogP contribution < -0.4 is 5.73 Å². The largest absolute Gasteiger partial charge is 0.322 e. The SMILES string of the molecule is NC(c1cccs1)C1(N2CCCC2)CCCC1. The molecule has 0 spiro atoms. The molecule has 1 saturated carbocycles. The lowest BCUT2D eigenvalue weighted by atomic mass is 9.86. The van der Waals surface area contributed by atoms with Gasteiger partial charge in [0.2, 0.25) is 0 Å². The molecule has 17 heavy (non-hydrogen) atoms. The number of thiophene rings is 1. The van der Waals surface area contributed by atoms with E-state index < -0.39 is 0 Å². The van der Waals surface area contributed by atoms with Crippen molar-refractivity contribution in [3.05, 3.63) is 22.4 Å². The van der Waals surface area contributed by atoms with Gasteiger partial charge < -0.3 is 5.73 Å². The van der Waals surface area contributed by atoms with E-state index in [4.69, 9.17) is 5.73 Å². The summed E-state index contributed by atoms with van der Waals surface area (Å²) in [4.78, 5) is 4.07. The van der Waals surface area contributed by atoms with Gasteiger partial charge in [-0.3, -0.25) is 4.90 Å². The maximum absolute atomic E-state index is 6.63. The minimum Gasteiger partial charge on any atom is -0.322 e. The van der Waals surface area contributed by atoms with E-state index in [2.05, 4.69) is 22.4 Å². The lowest BCUT2D eigenvalue weighted by molar-refractivity contribution is 0.0934. The highest BCUT2D eigenvalue weighted by Gasteiger charge is 2.45. The van der Waals surface area contributed by atoms with Crippen molar-refractivity contribution in [1.29, 1.82) is 0 Å². The zero-order chi connectivity index (χ0) is 11.7. The average molecular weight is 250 g/mol. The minimum atomic E-state index is 0.225. The third-order valence-corrected chi connectivity index (χ3v) is 5.59. The normalized spacial score (nSPS) is 26.4. The maximum atomic E-state index is 6.63. The van der Waals surface area contributed by atoms with Gasteiger partial charge in [0, 0.05) is 10.4 Å². The van der Waals surface area contributed by atoms with E-state index in [-0.39, 0.29) is 11.6 Å². The maximum Gasteiger partial charge on any atom is 0.0576 e. The number of hydrogen-bond acceptors (Lipinski definition) is 3. The first-order valence-electron chi connectivity index (χ1n) is 6.87. The second kappa shape index (κ2) is 4.71. The highest BCUT2D eigenvalue weighted by Crippen LogP contribution is 2.45. The van der Waals surface area contributed by atoms with Crippen LogP contribution in [-0.2, 0) is 0 Å². The summed E-state index contributed by atoms with van der Waals surface area (Å²) in [6.07, 6.45) is 8.03. The highest BCUT2D eigenvalue weighted by atomic mass is 32.1. The summed E-state index contributed by atoms with van der Waals surface area (Å²) in [7, 11) is 0. The van der Waals surface area contributed by atoms with Crippen LogP contribution in [0, 0.1) is 0 Å². The van der Waals surface area contributed by atoms with Crippen LogP contribution in [0.15, 0.2) is 17.5 Å². The van der Waals surface area contributed by atoms with Crippen LogP contribution in [0.5, 0.6) is 0 Å². The Kier molecular flexibility index (Phi) is 3.24. The molecule has 1 aromatic rings. The summed E-state index contributed by atoms with van der Waals surface area (Å²) < 4.78 is 0. The van der Waals surface area contributed by atoms with E-state index in [1.165, 1.54) is 56.5 Å². The Hall–Kier alpha value is -0.380. The van der Waals surface area contributed by atoms with Gasteiger partial charge in [-0.1, -0.05) is 18.9 Å². The van der Waals surface area contributed by atoms with Gasteiger partial charge in [0.1, 0.15) is 0 Å². The predicted octanol–water partition coefficient (Wildman–Crippen LogP) is 3.16. The molecule has 1 aliphatic carbocycles. The second-order valence-corrected chi connectivity index (χ2v) is 6.48. The molecule has 2 fully saturated rings. The van der Waals surface area contributed by atoms with Crippen molar-refractivity contribution >= 4 is 11.3 Å². The van der Waals surface area contributed by atoms with Crippen LogP contribution in [0.2, 0.25) is 0 Å². The van der Waals surface area contributed by atoms with E-state index in [1.807, 2.05) is 11.3 Å². The topological polar surface area (TPSA) is 29.3 Å². The molecule has 2 heterocycles. The Morgan fingerprint density at radius 3 is 2.47 bits per heavy atom. The number of hydrogen-bond donors (Lipinski definition) is 1. The fourth-order valence-electron chi connectivity index (χ4n) is 3.71. The van der Waals surface area contributed by atoms with Crippen LogP contribution in [0.1, 0.15) is 49.4 Å². The molecule has 2 nitrogen and oxygen atoms in total. The molecule has 94 valence electrons. The third-order valence-electron chi connectivity index (χ3n) is 4.63. The molecule has 1 unspecified atom stereocenters. The molecule has 3 heteroatoms. The lowest BCUT2D eigenvalue weighted by Gasteiger charge is -2.43. The van der Waals surface area contributed by atoms with Crippen molar-refractivity contribution in [1.82, 2.24) is 4.90 Å². The quantitative estimate of drug-likeness (QED) is 0.893. The van der Waals surface area contributed by atoms with E-state index in [1.54, 1.807) is 0 Å². The Labute approximate surface area is 108 Å². The average Bonchev–Trinajstić information content (AvgIpc) is 3.10. The van der Waals surface area contributed by atoms with Gasteiger partial charge in [-0.15, -0.1) is 11.3 Å². The number of likely N-dealkylation sites (tertiary alicyclic amines) is 1. The summed E-state index contributed by atoms with van der Waals surface area (Å²) in [6, 6.07) is 4.57. The van der Waals surface area contributed by atoms with Crippen LogP contribution in [0.4, 0.5) is 0 Å². The van der Waals surface area contributed by atoms with Crippen LogP contribution in [-0.4, -0.2) is 23.5 Å². The molecule has 1 aliphatic heterocycles. The molecular weight excluding hydrogens is 228 g/mol. The smallest absolute Gasteiger partial charge is 0.0576 e. The zero-order valence-corrected chi connectivity index (χ0v) is 11.2. The van der Waals surface area contributed by atoms with Gasteiger partial charge in [0.05, 0.1) is 6.04 Å². The standard InChI is InChI=1S/C14H22N2S/c15-13(12-6-5-11-17-12)14(7-1-2-8-14)16-9-3-4-10-16/h5-6,11,13H,1-4,7-10,15H2. The highest BCUT2D eigenvalue weighted by molar-refractivity contribution is 7.10. The molecule has 1 atom stereocenters. The molecule has 0 bridgehead atoms. The molecule has 0 amide bonds. The summed E-state index contributed by atoms with van der Waals surface area (Å²) in [5.41, 5.74) is 6.91. The van der Waals surface area contributed by atoms with Crippen molar-refractivity contribution in [2.45, 2.75) is 50.1 Å². The first kappa shape index (κ1) is 11.7. The summed E-state index contributed by atoms with van der Waals surface area (Å²) in [5, 5.41) is 2.15. The molecule has 2 aliphatic rings. The van der Waals surface area contributed by atoms with Crippen molar-refractivity contribution in [3.8, 4) is 0 Å². The van der Waals surface area contributed by atoms with Crippen molar-refractivity contribution in [3.63, 3.8) is 0 Å². The Balaban J connectivity index is 1.88. The zero-order valence-electron chi connectivity index (χ0n) is 10.4. The minimum absolute atomic E-state index is 0.225. The Bertz CT molecular complexity index is 348. The fraction of sp³-hybridized carbons (Fsp3) is 0.714. The number of nitrogens with two attached hydrogens (primary N) is 1. The molecule has 1 saturated heterocycles. The summed E-state index contributed by atoms with van der Waals surface area (Å²) in [6.45, 7) is 2.53. The number of rotatable bonds is 3. The molecular formula is C14H22N2S. The monoisotopic (exact) mass is 250 g/mol. The van der Waals surface area contributed by atoms with E-state index in [0.717, 1.165) is 0 Å². The fourth-order valence-corrected chi connectivity index (χ4v) is 4.54. The van der Waals surface area contributed by atoms with Crippen molar-refractivity contribution in [2.24, 2.45) is 5.73 Å². The van der Waals surface area contributed by atoms with Crippen molar-refractivity contribution in [2.75, 3.05) is 13.1 Å². The summed E-state index contributed by atoms with van der Waals surface area (Å²) >= 11 is 1.82. The van der Waals surface area contributed by atoms with E-state index in [9.17, 15) is 0 Å². The Morgan fingerprint density at radius 2 is 1.88 bits per heavy atom. The number of nitrogens with zero attached hydrogens (tertiary/aromatic N) is 1. The Morgan fingerprint density at radius 1 is 1.18 bits per heavy atom. The van der Waals surface area contributed by atoms with E-state index in [0.29, 0.717) is 0 Å². The molecule has 0 radical (unpaired) electrons. The molecule has 0 aromatic carbocycles. The second-order valence-electron chi connectivity index (χ2n) is 5.50. The van der Waals surface area contributed by atoms with Crippen molar-refractivity contribution < 1.29 is 0 Å². The van der Waals surface area contributed by atoms with Crippen LogP contribution in [0.3, 0.4) is 0 Å². The predicted molar refractivity (Wildman–Crippen MR) is 73.3 cm³/mol. The van der Waals surface area contributed by atoms with Crippen LogP contribution >= 0.6 is 11.3 Å². The molecule has 1 aromatic heterocycles. The first-order valence-corrected chi connectivity index (χ1v) is 7.75. The van der Waals surface area contributed by atoms with Gasteiger partial charge in [0.25, 0.3) is 0 Å². The van der Waals surface area contributed by atoms with Gasteiger partial charge in [-0.05, 0) is 50.2 Å². The lowest BCUT2D eigenvalue weighted by Crippen LogP contribution is -2.52. The third kappa shape index (κ3) is 1.94. The van der Waals surface area contributed by atoms with Crippen LogP contribution in [0.25, 0.3) is 0 Å². The van der Waals surface area contributed by atoms with E-state index >= 15 is 0 Å². The van der Waals surface area contributed by atoms with Gasteiger partial charge in [0.15, 0.2) is 0 Å². The van der Waals surface area contributed by atoms with Gasteiger partial charge in [-0.2, -0.15) is 0 Å². The summed E-state index contributed by atoms with van der Waals surface area (Å²) in [5.74, 6) is 0.